The van der Waals surface area contributed by atoms with Crippen LogP contribution in [0.1, 0.15) is 38.2 Å². The largest absolute Gasteiger partial charge is 0.449 e. The highest BCUT2D eigenvalue weighted by Gasteiger charge is 2.02. The van der Waals surface area contributed by atoms with E-state index < -0.39 is 0 Å². The summed E-state index contributed by atoms with van der Waals surface area (Å²) in [6.07, 6.45) is 4.08. The van der Waals surface area contributed by atoms with E-state index in [1.165, 1.54) is 12.8 Å². The minimum absolute atomic E-state index is 0.368. The highest BCUT2D eigenvalue weighted by atomic mass is 16.5. The number of benzene rings is 1. The smallest absolute Gasteiger partial charge is 0.411 e. The van der Waals surface area contributed by atoms with Crippen LogP contribution < -0.4 is 5.32 Å². The van der Waals surface area contributed by atoms with Crippen LogP contribution in [0.4, 0.5) is 10.5 Å². The van der Waals surface area contributed by atoms with Crippen molar-refractivity contribution in [3.05, 3.63) is 29.8 Å². The van der Waals surface area contributed by atoms with Crippen molar-refractivity contribution in [1.29, 1.82) is 0 Å². The molecule has 0 aliphatic heterocycles. The zero-order valence-electron chi connectivity index (χ0n) is 10.7. The topological polar surface area (TPSA) is 38.3 Å². The van der Waals surface area contributed by atoms with E-state index in [-0.39, 0.29) is 6.09 Å². The van der Waals surface area contributed by atoms with E-state index in [4.69, 9.17) is 4.74 Å². The van der Waals surface area contributed by atoms with Gasteiger partial charge in [-0.2, -0.15) is 0 Å². The molecule has 3 heteroatoms. The van der Waals surface area contributed by atoms with Crippen LogP contribution in [0.15, 0.2) is 24.3 Å². The Kier molecular flexibility index (Phi) is 6.15. The Morgan fingerprint density at radius 2 is 2.12 bits per heavy atom. The molecule has 0 saturated carbocycles. The molecule has 1 aromatic carbocycles. The SMILES string of the molecule is CCCCCCOC(=O)Nc1cccc(C)c1. The number of nitrogens with one attached hydrogen (secondary N) is 1. The Balaban J connectivity index is 2.21. The average molecular weight is 235 g/mol. The lowest BCUT2D eigenvalue weighted by molar-refractivity contribution is 0.159. The molecule has 0 aliphatic rings. The Labute approximate surface area is 103 Å². The lowest BCUT2D eigenvalue weighted by Crippen LogP contribution is -2.14. The van der Waals surface area contributed by atoms with E-state index >= 15 is 0 Å². The van der Waals surface area contributed by atoms with Gasteiger partial charge in [0.05, 0.1) is 6.61 Å². The van der Waals surface area contributed by atoms with Crippen LogP contribution >= 0.6 is 0 Å². The summed E-state index contributed by atoms with van der Waals surface area (Å²) in [6.45, 7) is 4.64. The first-order valence-electron chi connectivity index (χ1n) is 6.23. The molecule has 94 valence electrons. The molecule has 0 bridgehead atoms. The first-order chi connectivity index (χ1) is 8.22. The van der Waals surface area contributed by atoms with Gasteiger partial charge in [-0.1, -0.05) is 38.3 Å². The molecule has 0 aromatic heterocycles. The number of carbonyl (C=O) groups is 1. The van der Waals surface area contributed by atoms with Crippen LogP contribution in [0.2, 0.25) is 0 Å². The highest BCUT2D eigenvalue weighted by molar-refractivity contribution is 5.84. The van der Waals surface area contributed by atoms with Crippen molar-refractivity contribution < 1.29 is 9.53 Å². The van der Waals surface area contributed by atoms with Gasteiger partial charge in [0.25, 0.3) is 0 Å². The molecule has 0 unspecified atom stereocenters. The second kappa shape index (κ2) is 7.71. The quantitative estimate of drug-likeness (QED) is 0.753. The van der Waals surface area contributed by atoms with Gasteiger partial charge in [0.1, 0.15) is 0 Å². The molecular weight excluding hydrogens is 214 g/mol. The molecule has 3 nitrogen and oxygen atoms in total. The fraction of sp³-hybridized carbons (Fsp3) is 0.500. The molecule has 0 atom stereocenters. The van der Waals surface area contributed by atoms with Crippen molar-refractivity contribution in [1.82, 2.24) is 0 Å². The summed E-state index contributed by atoms with van der Waals surface area (Å²) >= 11 is 0. The Bertz CT molecular complexity index is 350. The maximum atomic E-state index is 11.4. The predicted octanol–water partition coefficient (Wildman–Crippen LogP) is 4.12. The van der Waals surface area contributed by atoms with Crippen molar-refractivity contribution in [2.24, 2.45) is 0 Å². The second-order valence-electron chi connectivity index (χ2n) is 4.19. The van der Waals surface area contributed by atoms with Gasteiger partial charge in [0, 0.05) is 5.69 Å². The van der Waals surface area contributed by atoms with Crippen molar-refractivity contribution in [3.8, 4) is 0 Å². The van der Waals surface area contributed by atoms with Gasteiger partial charge in [0.15, 0.2) is 0 Å². The molecule has 0 radical (unpaired) electrons. The van der Waals surface area contributed by atoms with E-state index in [1.807, 2.05) is 31.2 Å². The van der Waals surface area contributed by atoms with Crippen molar-refractivity contribution in [2.45, 2.75) is 39.5 Å². The molecule has 0 saturated heterocycles. The lowest BCUT2D eigenvalue weighted by Gasteiger charge is -2.07. The molecule has 1 amide bonds. The molecule has 17 heavy (non-hydrogen) atoms. The number of hydrogen-bond acceptors (Lipinski definition) is 2. The highest BCUT2D eigenvalue weighted by Crippen LogP contribution is 2.09. The van der Waals surface area contributed by atoms with Gasteiger partial charge in [0.2, 0.25) is 0 Å². The van der Waals surface area contributed by atoms with Gasteiger partial charge < -0.3 is 4.74 Å². The number of aryl methyl sites for hydroxylation is 1. The third-order valence-electron chi connectivity index (χ3n) is 2.50. The molecule has 0 fully saturated rings. The minimum atomic E-state index is -0.368. The molecule has 1 rings (SSSR count). The molecular formula is C14H21NO2. The molecule has 1 N–H and O–H groups in total. The van der Waals surface area contributed by atoms with Gasteiger partial charge >= 0.3 is 6.09 Å². The van der Waals surface area contributed by atoms with Gasteiger partial charge in [-0.05, 0) is 31.0 Å². The van der Waals surface area contributed by atoms with Gasteiger partial charge in [-0.15, -0.1) is 0 Å². The summed E-state index contributed by atoms with van der Waals surface area (Å²) in [5, 5.41) is 2.71. The van der Waals surface area contributed by atoms with Crippen molar-refractivity contribution in [3.63, 3.8) is 0 Å². The molecule has 1 aromatic rings. The molecule has 0 spiro atoms. The number of ether oxygens (including phenoxy) is 1. The number of rotatable bonds is 6. The maximum absolute atomic E-state index is 11.4. The number of unbranched alkanes of at least 4 members (excludes halogenated alkanes) is 3. The zero-order valence-corrected chi connectivity index (χ0v) is 10.7. The number of anilines is 1. The predicted molar refractivity (Wildman–Crippen MR) is 70.3 cm³/mol. The van der Waals surface area contributed by atoms with Gasteiger partial charge in [-0.25, -0.2) is 4.79 Å². The fourth-order valence-electron chi connectivity index (χ4n) is 1.57. The summed E-state index contributed by atoms with van der Waals surface area (Å²) in [5.41, 5.74) is 1.90. The standard InChI is InChI=1S/C14H21NO2/c1-3-4-5-6-10-17-14(16)15-13-9-7-8-12(2)11-13/h7-9,11H,3-6,10H2,1-2H3,(H,15,16). The van der Waals surface area contributed by atoms with Crippen LogP contribution in [0, 0.1) is 6.92 Å². The third kappa shape index (κ3) is 5.95. The average Bonchev–Trinajstić information content (AvgIpc) is 2.29. The molecule has 0 aliphatic carbocycles. The number of carbonyl (C=O) groups excluding carboxylic acids is 1. The summed E-state index contributed by atoms with van der Waals surface area (Å²) < 4.78 is 5.08. The van der Waals surface area contributed by atoms with Crippen LogP contribution in [-0.4, -0.2) is 12.7 Å². The number of amides is 1. The fourth-order valence-corrected chi connectivity index (χ4v) is 1.57. The van der Waals surface area contributed by atoms with Gasteiger partial charge in [-0.3, -0.25) is 5.32 Å². The summed E-state index contributed by atoms with van der Waals surface area (Å²) in [5.74, 6) is 0. The normalized spacial score (nSPS) is 10.0. The summed E-state index contributed by atoms with van der Waals surface area (Å²) in [7, 11) is 0. The van der Waals surface area contributed by atoms with Crippen LogP contribution in [-0.2, 0) is 4.74 Å². The Morgan fingerprint density at radius 3 is 2.82 bits per heavy atom. The van der Waals surface area contributed by atoms with Crippen LogP contribution in [0.3, 0.4) is 0 Å². The van der Waals surface area contributed by atoms with E-state index in [9.17, 15) is 4.79 Å². The summed E-state index contributed by atoms with van der Waals surface area (Å²) in [4.78, 5) is 11.4. The first kappa shape index (κ1) is 13.6. The van der Waals surface area contributed by atoms with Crippen molar-refractivity contribution in [2.75, 3.05) is 11.9 Å². The number of hydrogen-bond donors (Lipinski definition) is 1. The Hall–Kier alpha value is -1.51. The maximum Gasteiger partial charge on any atom is 0.411 e. The van der Waals surface area contributed by atoms with Crippen LogP contribution in [0.25, 0.3) is 0 Å². The lowest BCUT2D eigenvalue weighted by atomic mass is 10.2. The minimum Gasteiger partial charge on any atom is -0.449 e. The van der Waals surface area contributed by atoms with Crippen molar-refractivity contribution >= 4 is 11.8 Å². The summed E-state index contributed by atoms with van der Waals surface area (Å²) in [6, 6.07) is 7.66. The van der Waals surface area contributed by atoms with Crippen LogP contribution in [0.5, 0.6) is 0 Å². The molecule has 0 heterocycles. The monoisotopic (exact) mass is 235 g/mol. The Morgan fingerprint density at radius 1 is 1.29 bits per heavy atom. The van der Waals surface area contributed by atoms with E-state index in [1.54, 1.807) is 0 Å². The third-order valence-corrected chi connectivity index (χ3v) is 2.50. The first-order valence-corrected chi connectivity index (χ1v) is 6.23. The zero-order chi connectivity index (χ0) is 12.5. The van der Waals surface area contributed by atoms with E-state index in [0.29, 0.717) is 6.61 Å². The van der Waals surface area contributed by atoms with E-state index in [0.717, 1.165) is 24.1 Å². The second-order valence-corrected chi connectivity index (χ2v) is 4.19. The van der Waals surface area contributed by atoms with E-state index in [2.05, 4.69) is 12.2 Å².